The van der Waals surface area contributed by atoms with Crippen molar-refractivity contribution >= 4 is 5.91 Å². The summed E-state index contributed by atoms with van der Waals surface area (Å²) in [6, 6.07) is 3.48. The summed E-state index contributed by atoms with van der Waals surface area (Å²) in [4.78, 5) is 20.3. The van der Waals surface area contributed by atoms with E-state index in [9.17, 15) is 4.79 Å². The van der Waals surface area contributed by atoms with Gasteiger partial charge in [0.15, 0.2) is 0 Å². The maximum atomic E-state index is 11.9. The second kappa shape index (κ2) is 7.19. The Balaban J connectivity index is 1.51. The first-order valence-corrected chi connectivity index (χ1v) is 7.60. The fourth-order valence-corrected chi connectivity index (χ4v) is 2.43. The Morgan fingerprint density at radius 1 is 1.52 bits per heavy atom. The van der Waals surface area contributed by atoms with Gasteiger partial charge in [0.25, 0.3) is 0 Å². The Bertz CT molecular complexity index is 649. The van der Waals surface area contributed by atoms with Crippen LogP contribution in [0.5, 0.6) is 5.88 Å². The predicted molar refractivity (Wildman–Crippen MR) is 81.8 cm³/mol. The van der Waals surface area contributed by atoms with Crippen LogP contribution in [0.3, 0.4) is 0 Å². The molecule has 1 fully saturated rings. The molecule has 0 bridgehead atoms. The molecule has 2 aromatic rings. The van der Waals surface area contributed by atoms with Crippen molar-refractivity contribution in [2.45, 2.75) is 25.3 Å². The Hall–Kier alpha value is -2.48. The molecule has 1 unspecified atom stereocenters. The Kier molecular flexibility index (Phi) is 4.82. The Labute approximate surface area is 133 Å². The zero-order valence-electron chi connectivity index (χ0n) is 12.9. The molecule has 0 aromatic carbocycles. The lowest BCUT2D eigenvalue weighted by atomic mass is 10.2. The van der Waals surface area contributed by atoms with Gasteiger partial charge >= 0.3 is 0 Å². The molecule has 0 aliphatic carbocycles. The van der Waals surface area contributed by atoms with Crippen LogP contribution in [0.2, 0.25) is 0 Å². The molecule has 3 heterocycles. The van der Waals surface area contributed by atoms with Crippen molar-refractivity contribution in [3.05, 3.63) is 24.2 Å². The van der Waals surface area contributed by atoms with Crippen molar-refractivity contribution < 1.29 is 14.1 Å². The molecule has 2 aromatic heterocycles. The summed E-state index contributed by atoms with van der Waals surface area (Å²) in [6.07, 6.45) is 4.05. The highest BCUT2D eigenvalue weighted by atomic mass is 16.5. The van der Waals surface area contributed by atoms with Gasteiger partial charge in [0.2, 0.25) is 23.5 Å². The van der Waals surface area contributed by atoms with Crippen LogP contribution in [0.25, 0.3) is 11.4 Å². The molecule has 2 N–H and O–H groups in total. The van der Waals surface area contributed by atoms with Crippen LogP contribution < -0.4 is 15.4 Å². The van der Waals surface area contributed by atoms with Crippen molar-refractivity contribution in [1.82, 2.24) is 25.8 Å². The van der Waals surface area contributed by atoms with Gasteiger partial charge in [-0.2, -0.15) is 4.98 Å². The lowest BCUT2D eigenvalue weighted by molar-refractivity contribution is -0.122. The third-order valence-corrected chi connectivity index (χ3v) is 3.69. The fraction of sp³-hybridized carbons (Fsp3) is 0.467. The molecule has 0 radical (unpaired) electrons. The number of carbonyl (C=O) groups excluding carboxylic acids is 1. The summed E-state index contributed by atoms with van der Waals surface area (Å²) in [7, 11) is 1.56. The van der Waals surface area contributed by atoms with Crippen LogP contribution in [-0.4, -0.2) is 47.3 Å². The van der Waals surface area contributed by atoms with Crippen molar-refractivity contribution in [2.75, 3.05) is 20.2 Å². The van der Waals surface area contributed by atoms with E-state index in [2.05, 4.69) is 25.8 Å². The number of amides is 1. The first-order valence-electron chi connectivity index (χ1n) is 7.60. The monoisotopic (exact) mass is 317 g/mol. The number of aromatic nitrogens is 3. The normalized spacial score (nSPS) is 17.2. The highest BCUT2D eigenvalue weighted by molar-refractivity contribution is 5.81. The highest BCUT2D eigenvalue weighted by Crippen LogP contribution is 2.17. The van der Waals surface area contributed by atoms with Gasteiger partial charge in [-0.05, 0) is 25.5 Å². The van der Waals surface area contributed by atoms with Gasteiger partial charge < -0.3 is 19.9 Å². The first kappa shape index (κ1) is 15.4. The SMILES string of the molecule is COc1ccc(-c2noc(CCNC(=O)C3CCCN3)n2)cn1. The molecule has 3 rings (SSSR count). The zero-order valence-corrected chi connectivity index (χ0v) is 12.9. The molecule has 0 saturated carbocycles. The van der Waals surface area contributed by atoms with Crippen LogP contribution in [-0.2, 0) is 11.2 Å². The third kappa shape index (κ3) is 3.84. The molecule has 1 aliphatic rings. The Morgan fingerprint density at radius 2 is 2.43 bits per heavy atom. The quantitative estimate of drug-likeness (QED) is 0.802. The Morgan fingerprint density at radius 3 is 3.13 bits per heavy atom. The summed E-state index contributed by atoms with van der Waals surface area (Å²) in [5.41, 5.74) is 0.750. The number of carbonyl (C=O) groups is 1. The van der Waals surface area contributed by atoms with E-state index in [0.717, 1.165) is 24.9 Å². The van der Waals surface area contributed by atoms with E-state index >= 15 is 0 Å². The van der Waals surface area contributed by atoms with E-state index in [0.29, 0.717) is 30.6 Å². The van der Waals surface area contributed by atoms with Crippen LogP contribution >= 0.6 is 0 Å². The minimum Gasteiger partial charge on any atom is -0.481 e. The van der Waals surface area contributed by atoms with Crippen molar-refractivity contribution in [1.29, 1.82) is 0 Å². The molecule has 1 amide bonds. The molecule has 23 heavy (non-hydrogen) atoms. The molecular weight excluding hydrogens is 298 g/mol. The summed E-state index contributed by atoms with van der Waals surface area (Å²) in [6.45, 7) is 1.38. The number of rotatable bonds is 6. The van der Waals surface area contributed by atoms with Crippen molar-refractivity contribution in [3.63, 3.8) is 0 Å². The van der Waals surface area contributed by atoms with E-state index in [1.807, 2.05) is 6.07 Å². The predicted octanol–water partition coefficient (Wildman–Crippen LogP) is 0.551. The van der Waals surface area contributed by atoms with Crippen LogP contribution in [0.15, 0.2) is 22.9 Å². The summed E-state index contributed by atoms with van der Waals surface area (Å²) < 4.78 is 10.2. The molecule has 1 aliphatic heterocycles. The van der Waals surface area contributed by atoms with E-state index < -0.39 is 0 Å². The number of pyridine rings is 1. The van der Waals surface area contributed by atoms with E-state index in [1.54, 1.807) is 19.4 Å². The highest BCUT2D eigenvalue weighted by Gasteiger charge is 2.21. The van der Waals surface area contributed by atoms with Gasteiger partial charge in [-0.3, -0.25) is 4.79 Å². The van der Waals surface area contributed by atoms with Gasteiger partial charge in [-0.15, -0.1) is 0 Å². The van der Waals surface area contributed by atoms with Gasteiger partial charge in [0.05, 0.1) is 13.2 Å². The molecule has 0 spiro atoms. The number of nitrogens with zero attached hydrogens (tertiary/aromatic N) is 3. The number of methoxy groups -OCH3 is 1. The molecule has 8 nitrogen and oxygen atoms in total. The second-order valence-corrected chi connectivity index (χ2v) is 5.29. The van der Waals surface area contributed by atoms with Gasteiger partial charge in [0.1, 0.15) is 0 Å². The second-order valence-electron chi connectivity index (χ2n) is 5.29. The molecular formula is C15H19N5O3. The molecule has 8 heteroatoms. The maximum absolute atomic E-state index is 11.9. The van der Waals surface area contributed by atoms with E-state index in [-0.39, 0.29) is 11.9 Å². The summed E-state index contributed by atoms with van der Waals surface area (Å²) in [5, 5.41) is 9.96. The zero-order chi connectivity index (χ0) is 16.1. The minimum atomic E-state index is -0.0707. The number of nitrogens with one attached hydrogen (secondary N) is 2. The average Bonchev–Trinajstić information content (AvgIpc) is 3.27. The van der Waals surface area contributed by atoms with Gasteiger partial charge in [-0.1, -0.05) is 5.16 Å². The number of hydrogen-bond acceptors (Lipinski definition) is 7. The van der Waals surface area contributed by atoms with Gasteiger partial charge in [-0.25, -0.2) is 4.98 Å². The maximum Gasteiger partial charge on any atom is 0.237 e. The third-order valence-electron chi connectivity index (χ3n) is 3.69. The largest absolute Gasteiger partial charge is 0.481 e. The van der Waals surface area contributed by atoms with Crippen LogP contribution in [0.1, 0.15) is 18.7 Å². The first-order chi connectivity index (χ1) is 11.3. The lowest BCUT2D eigenvalue weighted by Crippen LogP contribution is -2.41. The molecule has 122 valence electrons. The van der Waals surface area contributed by atoms with Crippen molar-refractivity contribution in [2.24, 2.45) is 0 Å². The standard InChI is InChI=1S/C15H19N5O3/c1-22-12-5-4-10(9-18-12)14-19-13(23-20-14)6-8-17-15(21)11-3-2-7-16-11/h4-5,9,11,16H,2-3,6-8H2,1H3,(H,17,21). The summed E-state index contributed by atoms with van der Waals surface area (Å²) >= 11 is 0. The lowest BCUT2D eigenvalue weighted by Gasteiger charge is -2.09. The summed E-state index contributed by atoms with van der Waals surface area (Å²) in [5.74, 6) is 1.51. The number of ether oxygens (including phenoxy) is 1. The number of hydrogen-bond donors (Lipinski definition) is 2. The topological polar surface area (TPSA) is 102 Å². The smallest absolute Gasteiger partial charge is 0.237 e. The van der Waals surface area contributed by atoms with Crippen LogP contribution in [0.4, 0.5) is 0 Å². The van der Waals surface area contributed by atoms with Crippen LogP contribution in [0, 0.1) is 0 Å². The van der Waals surface area contributed by atoms with Crippen molar-refractivity contribution in [3.8, 4) is 17.3 Å². The molecule has 1 saturated heterocycles. The van der Waals surface area contributed by atoms with E-state index in [1.165, 1.54) is 0 Å². The van der Waals surface area contributed by atoms with E-state index in [4.69, 9.17) is 9.26 Å². The average molecular weight is 317 g/mol. The fourth-order valence-electron chi connectivity index (χ4n) is 2.43. The van der Waals surface area contributed by atoms with Gasteiger partial charge in [0, 0.05) is 30.8 Å². The molecule has 1 atom stereocenters. The minimum absolute atomic E-state index is 0.0293.